The smallest absolute Gasteiger partial charge is 0.136 e. The van der Waals surface area contributed by atoms with Crippen LogP contribution in [0.3, 0.4) is 0 Å². The van der Waals surface area contributed by atoms with Crippen LogP contribution < -0.4 is 0 Å². The zero-order valence-corrected chi connectivity index (χ0v) is 10.6. The zero-order chi connectivity index (χ0) is 11.3. The van der Waals surface area contributed by atoms with Gasteiger partial charge in [-0.25, -0.2) is 0 Å². The summed E-state index contributed by atoms with van der Waals surface area (Å²) in [6, 6.07) is 0. The van der Waals surface area contributed by atoms with E-state index in [4.69, 9.17) is 0 Å². The SMILES string of the molecule is CC(=NC(C)N=C(C)C(C)C)C(C)C. The van der Waals surface area contributed by atoms with Crippen LogP contribution in [0.2, 0.25) is 0 Å². The van der Waals surface area contributed by atoms with Gasteiger partial charge in [-0.15, -0.1) is 0 Å². The molecule has 0 N–H and O–H groups in total. The summed E-state index contributed by atoms with van der Waals surface area (Å²) in [5.41, 5.74) is 2.36. The maximum absolute atomic E-state index is 4.53. The van der Waals surface area contributed by atoms with Crippen molar-refractivity contribution in [2.45, 2.75) is 54.6 Å². The van der Waals surface area contributed by atoms with Gasteiger partial charge in [0.1, 0.15) is 6.17 Å². The van der Waals surface area contributed by atoms with Gasteiger partial charge in [-0.3, -0.25) is 9.98 Å². The summed E-state index contributed by atoms with van der Waals surface area (Å²) in [4.78, 5) is 9.06. The van der Waals surface area contributed by atoms with Crippen molar-refractivity contribution in [3.8, 4) is 0 Å². The minimum atomic E-state index is 0.0693. The van der Waals surface area contributed by atoms with E-state index in [1.54, 1.807) is 0 Å². The molecule has 0 saturated carbocycles. The molecule has 0 heterocycles. The van der Waals surface area contributed by atoms with E-state index in [9.17, 15) is 0 Å². The Kier molecular flexibility index (Phi) is 5.66. The van der Waals surface area contributed by atoms with Gasteiger partial charge in [-0.2, -0.15) is 0 Å². The van der Waals surface area contributed by atoms with E-state index in [2.05, 4.69) is 51.5 Å². The second-order valence-electron chi connectivity index (χ2n) is 4.48. The van der Waals surface area contributed by atoms with Gasteiger partial charge in [-0.05, 0) is 32.6 Å². The summed E-state index contributed by atoms with van der Waals surface area (Å²) in [6.07, 6.45) is 0.0693. The molecule has 0 aromatic rings. The maximum Gasteiger partial charge on any atom is 0.136 e. The first-order valence-electron chi connectivity index (χ1n) is 5.43. The summed E-state index contributed by atoms with van der Waals surface area (Å²) >= 11 is 0. The van der Waals surface area contributed by atoms with Gasteiger partial charge in [0, 0.05) is 11.4 Å². The number of aliphatic imine (C=N–C) groups is 2. The fraction of sp³-hybridized carbons (Fsp3) is 0.833. The van der Waals surface area contributed by atoms with Crippen molar-refractivity contribution >= 4 is 11.4 Å². The molecule has 0 aliphatic heterocycles. The molecule has 0 fully saturated rings. The third-order valence-electron chi connectivity index (χ3n) is 2.45. The number of rotatable bonds is 4. The number of nitrogens with zero attached hydrogens (tertiary/aromatic N) is 2. The van der Waals surface area contributed by atoms with Gasteiger partial charge in [0.15, 0.2) is 0 Å². The van der Waals surface area contributed by atoms with Crippen molar-refractivity contribution in [1.82, 2.24) is 0 Å². The lowest BCUT2D eigenvalue weighted by molar-refractivity contribution is 0.748. The molecule has 0 aliphatic rings. The van der Waals surface area contributed by atoms with Crippen LogP contribution in [0.5, 0.6) is 0 Å². The highest BCUT2D eigenvalue weighted by atomic mass is 15.0. The molecule has 0 aromatic heterocycles. The molecule has 14 heavy (non-hydrogen) atoms. The van der Waals surface area contributed by atoms with Crippen LogP contribution in [-0.2, 0) is 0 Å². The third-order valence-corrected chi connectivity index (χ3v) is 2.45. The zero-order valence-electron chi connectivity index (χ0n) is 10.6. The predicted molar refractivity (Wildman–Crippen MR) is 65.4 cm³/mol. The van der Waals surface area contributed by atoms with Crippen LogP contribution in [0.4, 0.5) is 0 Å². The molecule has 82 valence electrons. The molecule has 2 heteroatoms. The van der Waals surface area contributed by atoms with E-state index in [-0.39, 0.29) is 6.17 Å². The monoisotopic (exact) mass is 196 g/mol. The Morgan fingerprint density at radius 2 is 1.00 bits per heavy atom. The first kappa shape index (κ1) is 13.3. The molecule has 0 amide bonds. The lowest BCUT2D eigenvalue weighted by Gasteiger charge is -2.10. The highest BCUT2D eigenvalue weighted by Crippen LogP contribution is 2.04. The third kappa shape index (κ3) is 5.15. The first-order chi connectivity index (χ1) is 6.34. The molecule has 0 bridgehead atoms. The van der Waals surface area contributed by atoms with Crippen molar-refractivity contribution in [1.29, 1.82) is 0 Å². The van der Waals surface area contributed by atoms with E-state index in [0.29, 0.717) is 11.8 Å². The van der Waals surface area contributed by atoms with Crippen molar-refractivity contribution in [2.75, 3.05) is 0 Å². The Hall–Kier alpha value is -0.660. The summed E-state index contributed by atoms with van der Waals surface area (Å²) in [5.74, 6) is 1.04. The molecule has 0 aliphatic carbocycles. The Bertz CT molecular complexity index is 200. The molecule has 0 atom stereocenters. The van der Waals surface area contributed by atoms with E-state index in [0.717, 1.165) is 0 Å². The van der Waals surface area contributed by atoms with Gasteiger partial charge < -0.3 is 0 Å². The van der Waals surface area contributed by atoms with E-state index >= 15 is 0 Å². The van der Waals surface area contributed by atoms with Crippen LogP contribution in [0.25, 0.3) is 0 Å². The summed E-state index contributed by atoms with van der Waals surface area (Å²) in [6.45, 7) is 14.8. The second kappa shape index (κ2) is 5.94. The lowest BCUT2D eigenvalue weighted by atomic mass is 10.1. The molecule has 0 radical (unpaired) electrons. The Morgan fingerprint density at radius 3 is 1.21 bits per heavy atom. The second-order valence-corrected chi connectivity index (χ2v) is 4.48. The van der Waals surface area contributed by atoms with Crippen molar-refractivity contribution in [3.63, 3.8) is 0 Å². The topological polar surface area (TPSA) is 24.7 Å². The minimum absolute atomic E-state index is 0.0693. The maximum atomic E-state index is 4.53. The minimum Gasteiger partial charge on any atom is -0.268 e. The van der Waals surface area contributed by atoms with Gasteiger partial charge in [0.2, 0.25) is 0 Å². The van der Waals surface area contributed by atoms with Crippen molar-refractivity contribution in [2.24, 2.45) is 21.8 Å². The van der Waals surface area contributed by atoms with E-state index in [1.165, 1.54) is 11.4 Å². The fourth-order valence-electron chi connectivity index (χ4n) is 0.916. The molecule has 2 nitrogen and oxygen atoms in total. The normalized spacial score (nSPS) is 16.6. The molecule has 0 spiro atoms. The van der Waals surface area contributed by atoms with Crippen molar-refractivity contribution in [3.05, 3.63) is 0 Å². The molecule has 0 unspecified atom stereocenters. The number of hydrogen-bond acceptors (Lipinski definition) is 2. The van der Waals surface area contributed by atoms with Gasteiger partial charge in [0.05, 0.1) is 0 Å². The molecular formula is C12H24N2. The summed E-state index contributed by atoms with van der Waals surface area (Å²) in [5, 5.41) is 0. The molecular weight excluding hydrogens is 172 g/mol. The largest absolute Gasteiger partial charge is 0.268 e. The summed E-state index contributed by atoms with van der Waals surface area (Å²) in [7, 11) is 0. The van der Waals surface area contributed by atoms with Crippen LogP contribution in [0.15, 0.2) is 9.98 Å². The van der Waals surface area contributed by atoms with Gasteiger partial charge in [-0.1, -0.05) is 27.7 Å². The Labute approximate surface area is 88.5 Å². The van der Waals surface area contributed by atoms with Crippen LogP contribution in [-0.4, -0.2) is 17.6 Å². The quantitative estimate of drug-likeness (QED) is 0.614. The molecule has 0 saturated heterocycles. The van der Waals surface area contributed by atoms with Gasteiger partial charge >= 0.3 is 0 Å². The highest BCUT2D eigenvalue weighted by molar-refractivity contribution is 5.85. The van der Waals surface area contributed by atoms with Gasteiger partial charge in [0.25, 0.3) is 0 Å². The predicted octanol–water partition coefficient (Wildman–Crippen LogP) is 3.57. The Balaban J connectivity index is 4.43. The van der Waals surface area contributed by atoms with Crippen molar-refractivity contribution < 1.29 is 0 Å². The lowest BCUT2D eigenvalue weighted by Crippen LogP contribution is -2.10. The van der Waals surface area contributed by atoms with Crippen LogP contribution in [0, 0.1) is 11.8 Å². The molecule has 0 aromatic carbocycles. The van der Waals surface area contributed by atoms with E-state index < -0.39 is 0 Å². The molecule has 0 rings (SSSR count). The highest BCUT2D eigenvalue weighted by Gasteiger charge is 2.03. The Morgan fingerprint density at radius 1 is 0.714 bits per heavy atom. The van der Waals surface area contributed by atoms with Crippen LogP contribution in [0.1, 0.15) is 48.5 Å². The summed E-state index contributed by atoms with van der Waals surface area (Å²) < 4.78 is 0. The average Bonchev–Trinajstić information content (AvgIpc) is 2.03. The van der Waals surface area contributed by atoms with E-state index in [1.807, 2.05) is 6.92 Å². The van der Waals surface area contributed by atoms with Crippen LogP contribution >= 0.6 is 0 Å². The standard InChI is InChI=1S/C12H24N2/c1-8(2)10(5)13-12(7)14-11(6)9(3)4/h8-9,12H,1-7H3. The average molecular weight is 196 g/mol. The fourth-order valence-corrected chi connectivity index (χ4v) is 0.916. The first-order valence-corrected chi connectivity index (χ1v) is 5.43. The number of hydrogen-bond donors (Lipinski definition) is 0.